The monoisotopic (exact) mass is 584 g/mol. The Morgan fingerprint density at radius 3 is 2.37 bits per heavy atom. The van der Waals surface area contributed by atoms with Gasteiger partial charge in [-0.15, -0.1) is 0 Å². The standard InChI is InChI=1S/C35H40N2O6/c1-6-8-9-18-40-30-17-12-25(19-32(30)39-7-2)33-28-16-15-27(20-31(28)43-34(37)29(33)21-36)42-35(38)23(5)41-26-13-10-24(11-14-26)22(3)4/h10-17,19-20,22-23,33H,6-9,18,37H2,1-5H3. The molecule has 3 aromatic rings. The van der Waals surface area contributed by atoms with E-state index in [0.717, 1.165) is 24.8 Å². The first-order chi connectivity index (χ1) is 20.7. The lowest BCUT2D eigenvalue weighted by Crippen LogP contribution is -2.28. The van der Waals surface area contributed by atoms with E-state index in [1.807, 2.05) is 49.4 Å². The second kappa shape index (κ2) is 14.5. The lowest BCUT2D eigenvalue weighted by atomic mass is 9.83. The Morgan fingerprint density at radius 2 is 1.70 bits per heavy atom. The number of unbranched alkanes of at least 4 members (excludes halogenated alkanes) is 2. The first-order valence-electron chi connectivity index (χ1n) is 14.8. The van der Waals surface area contributed by atoms with Crippen molar-refractivity contribution in [2.45, 2.75) is 71.8 Å². The molecule has 0 spiro atoms. The number of allylic oxidation sites excluding steroid dienone is 1. The molecule has 0 saturated carbocycles. The van der Waals surface area contributed by atoms with Gasteiger partial charge in [0.2, 0.25) is 5.88 Å². The van der Waals surface area contributed by atoms with Gasteiger partial charge in [-0.2, -0.15) is 5.26 Å². The normalized spacial score (nSPS) is 14.8. The Bertz CT molecular complexity index is 1490. The summed E-state index contributed by atoms with van der Waals surface area (Å²) in [6.07, 6.45) is 2.31. The number of nitrogens with two attached hydrogens (primary N) is 1. The number of rotatable bonds is 13. The number of hydrogen-bond acceptors (Lipinski definition) is 8. The Hall–Kier alpha value is -4.64. The van der Waals surface area contributed by atoms with Gasteiger partial charge in [0.15, 0.2) is 17.6 Å². The molecule has 0 bridgehead atoms. The zero-order chi connectivity index (χ0) is 30.9. The van der Waals surface area contributed by atoms with E-state index in [9.17, 15) is 10.1 Å². The van der Waals surface area contributed by atoms with Crippen LogP contribution < -0.4 is 29.4 Å². The largest absolute Gasteiger partial charge is 0.490 e. The van der Waals surface area contributed by atoms with Gasteiger partial charge in [-0.05, 0) is 67.6 Å². The summed E-state index contributed by atoms with van der Waals surface area (Å²) in [4.78, 5) is 12.9. The molecule has 1 aliphatic heterocycles. The molecule has 0 saturated heterocycles. The molecule has 1 heterocycles. The van der Waals surface area contributed by atoms with Crippen molar-refractivity contribution in [3.8, 4) is 34.8 Å². The predicted octanol–water partition coefficient (Wildman–Crippen LogP) is 7.37. The topological polar surface area (TPSA) is 113 Å². The van der Waals surface area contributed by atoms with Gasteiger partial charge in [0.25, 0.3) is 0 Å². The van der Waals surface area contributed by atoms with E-state index in [0.29, 0.717) is 47.7 Å². The molecule has 3 aromatic carbocycles. The fourth-order valence-corrected chi connectivity index (χ4v) is 4.85. The van der Waals surface area contributed by atoms with Crippen LogP contribution in [0.4, 0.5) is 0 Å². The van der Waals surface area contributed by atoms with Crippen LogP contribution in [0.25, 0.3) is 0 Å². The number of nitriles is 1. The van der Waals surface area contributed by atoms with E-state index in [2.05, 4.69) is 26.8 Å². The summed E-state index contributed by atoms with van der Waals surface area (Å²) < 4.78 is 29.1. The molecule has 2 unspecified atom stereocenters. The van der Waals surface area contributed by atoms with Crippen LogP contribution in [0.3, 0.4) is 0 Å². The summed E-state index contributed by atoms with van der Waals surface area (Å²) in [5.74, 6) is 1.81. The van der Waals surface area contributed by atoms with Gasteiger partial charge >= 0.3 is 5.97 Å². The van der Waals surface area contributed by atoms with Crippen LogP contribution in [-0.4, -0.2) is 25.3 Å². The van der Waals surface area contributed by atoms with E-state index in [1.165, 1.54) is 5.56 Å². The number of ether oxygens (including phenoxy) is 5. The van der Waals surface area contributed by atoms with Gasteiger partial charge in [-0.3, -0.25) is 0 Å². The van der Waals surface area contributed by atoms with Crippen molar-refractivity contribution in [3.63, 3.8) is 0 Å². The summed E-state index contributed by atoms with van der Waals surface area (Å²) in [5, 5.41) is 10.0. The van der Waals surface area contributed by atoms with E-state index in [4.69, 9.17) is 29.4 Å². The molecule has 0 aliphatic carbocycles. The van der Waals surface area contributed by atoms with E-state index < -0.39 is 18.0 Å². The van der Waals surface area contributed by atoms with Crippen LogP contribution in [-0.2, 0) is 4.79 Å². The molecule has 8 nitrogen and oxygen atoms in total. The summed E-state index contributed by atoms with van der Waals surface area (Å²) in [6.45, 7) is 11.0. The number of esters is 1. The number of fused-ring (bicyclic) bond motifs is 1. The average Bonchev–Trinajstić information content (AvgIpc) is 2.99. The third-order valence-corrected chi connectivity index (χ3v) is 7.21. The highest BCUT2D eigenvalue weighted by atomic mass is 16.6. The Balaban J connectivity index is 1.55. The number of nitrogens with zero attached hydrogens (tertiary/aromatic N) is 1. The SMILES string of the molecule is CCCCCOc1ccc(C2C(C#N)=C(N)Oc3cc(OC(=O)C(C)Oc4ccc(C(C)C)cc4)ccc32)cc1OCC. The molecular weight excluding hydrogens is 544 g/mol. The highest BCUT2D eigenvalue weighted by Crippen LogP contribution is 2.45. The van der Waals surface area contributed by atoms with Crippen molar-refractivity contribution in [1.82, 2.24) is 0 Å². The van der Waals surface area contributed by atoms with Crippen LogP contribution >= 0.6 is 0 Å². The molecule has 2 atom stereocenters. The second-order valence-corrected chi connectivity index (χ2v) is 10.7. The maximum atomic E-state index is 12.9. The summed E-state index contributed by atoms with van der Waals surface area (Å²) in [6, 6.07) is 20.5. The zero-order valence-corrected chi connectivity index (χ0v) is 25.5. The maximum absolute atomic E-state index is 12.9. The lowest BCUT2D eigenvalue weighted by Gasteiger charge is -2.27. The van der Waals surface area contributed by atoms with Crippen molar-refractivity contribution >= 4 is 5.97 Å². The predicted molar refractivity (Wildman–Crippen MR) is 165 cm³/mol. The van der Waals surface area contributed by atoms with Crippen molar-refractivity contribution in [2.75, 3.05) is 13.2 Å². The quantitative estimate of drug-likeness (QED) is 0.126. The molecule has 4 rings (SSSR count). The fraction of sp³-hybridized carbons (Fsp3) is 0.371. The minimum Gasteiger partial charge on any atom is -0.490 e. The molecule has 0 aromatic heterocycles. The van der Waals surface area contributed by atoms with Gasteiger partial charge in [-0.25, -0.2) is 4.79 Å². The molecule has 0 radical (unpaired) electrons. The van der Waals surface area contributed by atoms with E-state index in [1.54, 1.807) is 25.1 Å². The van der Waals surface area contributed by atoms with Crippen LogP contribution in [0.2, 0.25) is 0 Å². The highest BCUT2D eigenvalue weighted by Gasteiger charge is 2.32. The first kappa shape index (κ1) is 31.3. The van der Waals surface area contributed by atoms with Crippen molar-refractivity contribution in [2.24, 2.45) is 5.73 Å². The molecule has 226 valence electrons. The average molecular weight is 585 g/mol. The molecule has 43 heavy (non-hydrogen) atoms. The third kappa shape index (κ3) is 7.61. The smallest absolute Gasteiger partial charge is 0.352 e. The van der Waals surface area contributed by atoms with Crippen molar-refractivity contribution in [1.29, 1.82) is 5.26 Å². The number of hydrogen-bond donors (Lipinski definition) is 1. The molecule has 0 fully saturated rings. The van der Waals surface area contributed by atoms with Crippen molar-refractivity contribution < 1.29 is 28.5 Å². The van der Waals surface area contributed by atoms with Gasteiger partial charge < -0.3 is 29.4 Å². The van der Waals surface area contributed by atoms with Crippen molar-refractivity contribution in [3.05, 3.63) is 88.8 Å². The Morgan fingerprint density at radius 1 is 0.953 bits per heavy atom. The van der Waals surface area contributed by atoms with E-state index in [-0.39, 0.29) is 17.2 Å². The second-order valence-electron chi connectivity index (χ2n) is 10.7. The minimum atomic E-state index is -0.843. The molecule has 0 amide bonds. The van der Waals surface area contributed by atoms with Gasteiger partial charge in [0.1, 0.15) is 28.9 Å². The summed E-state index contributed by atoms with van der Waals surface area (Å²) in [7, 11) is 0. The fourth-order valence-electron chi connectivity index (χ4n) is 4.85. The molecular formula is C35H40N2O6. The van der Waals surface area contributed by atoms with Gasteiger partial charge in [0, 0.05) is 11.6 Å². The highest BCUT2D eigenvalue weighted by molar-refractivity contribution is 5.77. The summed E-state index contributed by atoms with van der Waals surface area (Å²) >= 11 is 0. The first-order valence-corrected chi connectivity index (χ1v) is 14.8. The van der Waals surface area contributed by atoms with Crippen LogP contribution in [0.15, 0.2) is 72.1 Å². The molecule has 8 heteroatoms. The van der Waals surface area contributed by atoms with Gasteiger partial charge in [0.05, 0.1) is 19.1 Å². The minimum absolute atomic E-state index is 0.0112. The van der Waals surface area contributed by atoms with Crippen LogP contribution in [0.5, 0.6) is 28.7 Å². The maximum Gasteiger partial charge on any atom is 0.352 e. The Labute approximate surface area is 254 Å². The van der Waals surface area contributed by atoms with Crippen LogP contribution in [0.1, 0.15) is 82.4 Å². The van der Waals surface area contributed by atoms with Gasteiger partial charge in [-0.1, -0.05) is 57.9 Å². The zero-order valence-electron chi connectivity index (χ0n) is 25.5. The summed E-state index contributed by atoms with van der Waals surface area (Å²) in [5.41, 5.74) is 9.18. The number of carbonyl (C=O) groups is 1. The number of carbonyl (C=O) groups excluding carboxylic acids is 1. The Kier molecular flexibility index (Phi) is 10.6. The molecule has 2 N–H and O–H groups in total. The third-order valence-electron chi connectivity index (χ3n) is 7.21. The van der Waals surface area contributed by atoms with E-state index >= 15 is 0 Å². The lowest BCUT2D eigenvalue weighted by molar-refractivity contribution is -0.141. The molecule has 1 aliphatic rings. The van der Waals surface area contributed by atoms with Crippen LogP contribution in [0, 0.1) is 11.3 Å². The number of benzene rings is 3.